The van der Waals surface area contributed by atoms with Crippen LogP contribution in [0.4, 0.5) is 0 Å². The summed E-state index contributed by atoms with van der Waals surface area (Å²) in [4.78, 5) is 13.6. The number of ether oxygens (including phenoxy) is 1. The SMILES string of the molecule is CCOC(=O)c1cccc(-c2cccc3cc(Cc4cccc(S(C)(=O)=O)c4)sc23)c1. The molecule has 0 saturated heterocycles. The highest BCUT2D eigenvalue weighted by Gasteiger charge is 2.13. The lowest BCUT2D eigenvalue weighted by atomic mass is 10.0. The van der Waals surface area contributed by atoms with E-state index in [1.165, 1.54) is 6.26 Å². The van der Waals surface area contributed by atoms with Crippen molar-refractivity contribution in [1.29, 1.82) is 0 Å². The van der Waals surface area contributed by atoms with Crippen LogP contribution in [0, 0.1) is 0 Å². The average molecular weight is 451 g/mol. The minimum atomic E-state index is -3.23. The highest BCUT2D eigenvalue weighted by atomic mass is 32.2. The van der Waals surface area contributed by atoms with Crippen LogP contribution in [-0.4, -0.2) is 27.2 Å². The number of carbonyl (C=O) groups excluding carboxylic acids is 1. The van der Waals surface area contributed by atoms with E-state index in [0.717, 1.165) is 31.7 Å². The predicted molar refractivity (Wildman–Crippen MR) is 126 cm³/mol. The van der Waals surface area contributed by atoms with E-state index in [0.29, 0.717) is 23.5 Å². The summed E-state index contributed by atoms with van der Waals surface area (Å²) >= 11 is 1.69. The molecule has 4 rings (SSSR count). The third kappa shape index (κ3) is 4.70. The number of benzene rings is 3. The first-order valence-corrected chi connectivity index (χ1v) is 12.6. The lowest BCUT2D eigenvalue weighted by Gasteiger charge is -2.06. The van der Waals surface area contributed by atoms with Gasteiger partial charge in [-0.1, -0.05) is 42.5 Å². The summed E-state index contributed by atoms with van der Waals surface area (Å²) in [7, 11) is -3.23. The molecule has 6 heteroatoms. The number of esters is 1. The van der Waals surface area contributed by atoms with Crippen molar-refractivity contribution in [3.05, 3.63) is 88.8 Å². The van der Waals surface area contributed by atoms with Crippen molar-refractivity contribution in [2.75, 3.05) is 12.9 Å². The maximum Gasteiger partial charge on any atom is 0.338 e. The van der Waals surface area contributed by atoms with Gasteiger partial charge in [-0.25, -0.2) is 13.2 Å². The van der Waals surface area contributed by atoms with Gasteiger partial charge in [-0.15, -0.1) is 11.3 Å². The smallest absolute Gasteiger partial charge is 0.338 e. The molecule has 4 aromatic rings. The van der Waals surface area contributed by atoms with Gasteiger partial charge in [0.15, 0.2) is 9.84 Å². The Kier molecular flexibility index (Phi) is 5.94. The molecule has 31 heavy (non-hydrogen) atoms. The Morgan fingerprint density at radius 1 is 0.968 bits per heavy atom. The van der Waals surface area contributed by atoms with E-state index >= 15 is 0 Å². The molecule has 0 fully saturated rings. The molecule has 0 spiro atoms. The van der Waals surface area contributed by atoms with Gasteiger partial charge < -0.3 is 4.74 Å². The Balaban J connectivity index is 1.70. The molecule has 0 radical (unpaired) electrons. The zero-order valence-corrected chi connectivity index (χ0v) is 18.9. The minimum Gasteiger partial charge on any atom is -0.462 e. The fourth-order valence-corrected chi connectivity index (χ4v) is 5.47. The minimum absolute atomic E-state index is 0.325. The van der Waals surface area contributed by atoms with Crippen molar-refractivity contribution < 1.29 is 17.9 Å². The van der Waals surface area contributed by atoms with Crippen molar-refractivity contribution in [2.45, 2.75) is 18.2 Å². The summed E-state index contributed by atoms with van der Waals surface area (Å²) in [5.41, 5.74) is 3.51. The normalized spacial score (nSPS) is 11.5. The van der Waals surface area contributed by atoms with Crippen molar-refractivity contribution in [3.8, 4) is 11.1 Å². The summed E-state index contributed by atoms with van der Waals surface area (Å²) < 4.78 is 30.0. The van der Waals surface area contributed by atoms with E-state index < -0.39 is 9.84 Å². The van der Waals surface area contributed by atoms with E-state index in [1.807, 2.05) is 30.3 Å². The van der Waals surface area contributed by atoms with E-state index in [2.05, 4.69) is 18.2 Å². The molecule has 0 aliphatic heterocycles. The summed E-state index contributed by atoms with van der Waals surface area (Å²) in [6, 6.07) is 22.9. The van der Waals surface area contributed by atoms with E-state index in [9.17, 15) is 13.2 Å². The first-order chi connectivity index (χ1) is 14.8. The van der Waals surface area contributed by atoms with Crippen LogP contribution < -0.4 is 0 Å². The molecule has 1 aromatic heterocycles. The fraction of sp³-hybridized carbons (Fsp3) is 0.160. The molecule has 0 amide bonds. The molecule has 0 saturated carbocycles. The number of hydrogen-bond acceptors (Lipinski definition) is 5. The van der Waals surface area contributed by atoms with Gasteiger partial charge >= 0.3 is 5.97 Å². The second-order valence-electron chi connectivity index (χ2n) is 7.33. The van der Waals surface area contributed by atoms with Crippen molar-refractivity contribution in [2.24, 2.45) is 0 Å². The standard InChI is InChI=1S/C25H22O4S2/c1-3-29-25(26)20-10-5-8-18(15-20)23-12-6-9-19-16-21(30-24(19)23)13-17-7-4-11-22(14-17)31(2,27)28/h4-12,14-16H,3,13H2,1-2H3. The van der Waals surface area contributed by atoms with Crippen molar-refractivity contribution in [3.63, 3.8) is 0 Å². The van der Waals surface area contributed by atoms with Gasteiger partial charge in [-0.05, 0) is 59.3 Å². The second-order valence-corrected chi connectivity index (χ2v) is 10.5. The maximum atomic E-state index is 12.1. The Labute approximate surface area is 186 Å². The van der Waals surface area contributed by atoms with Crippen LogP contribution in [-0.2, 0) is 21.0 Å². The van der Waals surface area contributed by atoms with E-state index in [-0.39, 0.29) is 5.97 Å². The largest absolute Gasteiger partial charge is 0.462 e. The molecule has 4 nitrogen and oxygen atoms in total. The molecule has 158 valence electrons. The molecular formula is C25H22O4S2. The quantitative estimate of drug-likeness (QED) is 0.352. The Hall–Kier alpha value is -2.96. The third-order valence-corrected chi connectivity index (χ3v) is 7.28. The third-order valence-electron chi connectivity index (χ3n) is 4.98. The molecule has 0 aliphatic carbocycles. The molecule has 0 bridgehead atoms. The Morgan fingerprint density at radius 3 is 2.52 bits per heavy atom. The fourth-order valence-electron chi connectivity index (χ4n) is 3.55. The summed E-state index contributed by atoms with van der Waals surface area (Å²) in [6.45, 7) is 2.13. The molecule has 0 atom stereocenters. The Morgan fingerprint density at radius 2 is 1.74 bits per heavy atom. The van der Waals surface area contributed by atoms with Gasteiger partial charge in [0, 0.05) is 22.3 Å². The molecule has 0 N–H and O–H groups in total. The van der Waals surface area contributed by atoms with E-state index in [1.54, 1.807) is 42.5 Å². The summed E-state index contributed by atoms with van der Waals surface area (Å²) in [6.07, 6.45) is 1.88. The van der Waals surface area contributed by atoms with Gasteiger partial charge in [0.1, 0.15) is 0 Å². The van der Waals surface area contributed by atoms with Crippen molar-refractivity contribution in [1.82, 2.24) is 0 Å². The van der Waals surface area contributed by atoms with Crippen LogP contribution in [0.1, 0.15) is 27.7 Å². The van der Waals surface area contributed by atoms with Gasteiger partial charge in [-0.3, -0.25) is 0 Å². The molecule has 0 aliphatic rings. The lowest BCUT2D eigenvalue weighted by Crippen LogP contribution is -2.04. The van der Waals surface area contributed by atoms with Gasteiger partial charge in [-0.2, -0.15) is 0 Å². The van der Waals surface area contributed by atoms with Gasteiger partial charge in [0.2, 0.25) is 0 Å². The first-order valence-electron chi connectivity index (χ1n) is 9.93. The molecule has 1 heterocycles. The highest BCUT2D eigenvalue weighted by molar-refractivity contribution is 7.90. The number of sulfone groups is 1. The second kappa shape index (κ2) is 8.65. The highest BCUT2D eigenvalue weighted by Crippen LogP contribution is 2.36. The number of thiophene rings is 1. The Bertz CT molecular complexity index is 1370. The zero-order valence-electron chi connectivity index (χ0n) is 17.3. The van der Waals surface area contributed by atoms with Crippen molar-refractivity contribution >= 4 is 37.2 Å². The molecule has 3 aromatic carbocycles. The summed E-state index contributed by atoms with van der Waals surface area (Å²) in [5.74, 6) is -0.325. The van der Waals surface area contributed by atoms with Crippen LogP contribution in [0.25, 0.3) is 21.2 Å². The molecular weight excluding hydrogens is 428 g/mol. The number of carbonyl (C=O) groups is 1. The van der Waals surface area contributed by atoms with Crippen LogP contribution in [0.3, 0.4) is 0 Å². The van der Waals surface area contributed by atoms with E-state index in [4.69, 9.17) is 4.74 Å². The first kappa shape index (κ1) is 21.3. The van der Waals surface area contributed by atoms with Gasteiger partial charge in [0.25, 0.3) is 0 Å². The monoisotopic (exact) mass is 450 g/mol. The average Bonchev–Trinajstić information content (AvgIpc) is 3.16. The number of rotatable bonds is 6. The van der Waals surface area contributed by atoms with Crippen LogP contribution in [0.15, 0.2) is 77.7 Å². The summed E-state index contributed by atoms with van der Waals surface area (Å²) in [5, 5.41) is 1.12. The lowest BCUT2D eigenvalue weighted by molar-refractivity contribution is 0.0526. The number of fused-ring (bicyclic) bond motifs is 1. The molecule has 0 unspecified atom stereocenters. The van der Waals surface area contributed by atoms with Crippen LogP contribution in [0.5, 0.6) is 0 Å². The van der Waals surface area contributed by atoms with Gasteiger partial charge in [0.05, 0.1) is 17.1 Å². The maximum absolute atomic E-state index is 12.1. The van der Waals surface area contributed by atoms with Crippen LogP contribution in [0.2, 0.25) is 0 Å². The number of hydrogen-bond donors (Lipinski definition) is 0. The zero-order chi connectivity index (χ0) is 22.0. The predicted octanol–water partition coefficient (Wildman–Crippen LogP) is 5.74. The van der Waals surface area contributed by atoms with Crippen LogP contribution >= 0.6 is 11.3 Å². The topological polar surface area (TPSA) is 60.4 Å².